The van der Waals surface area contributed by atoms with Crippen molar-refractivity contribution in [3.63, 3.8) is 0 Å². The summed E-state index contributed by atoms with van der Waals surface area (Å²) >= 11 is 10.7. The van der Waals surface area contributed by atoms with Gasteiger partial charge in [-0.15, -0.1) is 22.9 Å². The van der Waals surface area contributed by atoms with Crippen molar-refractivity contribution >= 4 is 38.9 Å². The van der Waals surface area contributed by atoms with E-state index in [9.17, 15) is 13.2 Å². The molecule has 86 valence electrons. The van der Waals surface area contributed by atoms with Gasteiger partial charge in [0.2, 0.25) is 0 Å². The topological polar surface area (TPSA) is 0 Å². The van der Waals surface area contributed by atoms with Gasteiger partial charge in [0.1, 0.15) is 0 Å². The molecule has 0 aromatic carbocycles. The van der Waals surface area contributed by atoms with E-state index in [4.69, 9.17) is 11.6 Å². The van der Waals surface area contributed by atoms with Gasteiger partial charge in [0.15, 0.2) is 0 Å². The maximum Gasteiger partial charge on any atom is 0.389 e. The molecule has 1 aromatic rings. The van der Waals surface area contributed by atoms with Gasteiger partial charge in [0.25, 0.3) is 0 Å². The van der Waals surface area contributed by atoms with Crippen LogP contribution in [0.25, 0.3) is 0 Å². The van der Waals surface area contributed by atoms with Crippen LogP contribution in [0.15, 0.2) is 9.85 Å². The van der Waals surface area contributed by atoms with Crippen molar-refractivity contribution in [3.05, 3.63) is 20.3 Å². The number of hydrogen-bond acceptors (Lipinski definition) is 1. The summed E-state index contributed by atoms with van der Waals surface area (Å²) in [7, 11) is 0. The van der Waals surface area contributed by atoms with E-state index in [2.05, 4.69) is 15.9 Å². The van der Waals surface area contributed by atoms with E-state index in [0.717, 1.165) is 14.2 Å². The number of alkyl halides is 4. The second-order valence-electron chi connectivity index (χ2n) is 3.18. The molecule has 0 saturated carbocycles. The lowest BCUT2D eigenvalue weighted by molar-refractivity contribution is -0.135. The zero-order chi connectivity index (χ0) is 11.6. The van der Waals surface area contributed by atoms with Gasteiger partial charge < -0.3 is 0 Å². The molecule has 1 aromatic heterocycles. The maximum absolute atomic E-state index is 12.0. The van der Waals surface area contributed by atoms with Crippen LogP contribution in [0.3, 0.4) is 0 Å². The maximum atomic E-state index is 12.0. The predicted molar refractivity (Wildman–Crippen MR) is 60.6 cm³/mol. The SMILES string of the molecule is Cc1sc(Br)cc1C(Cl)CCC(F)(F)F. The third-order valence-corrected chi connectivity index (χ3v) is 3.97. The second-order valence-corrected chi connectivity index (χ2v) is 6.35. The molecule has 0 N–H and O–H groups in total. The van der Waals surface area contributed by atoms with Crippen LogP contribution in [-0.2, 0) is 0 Å². The van der Waals surface area contributed by atoms with Crippen LogP contribution in [0.2, 0.25) is 0 Å². The van der Waals surface area contributed by atoms with Crippen molar-refractivity contribution in [2.45, 2.75) is 31.3 Å². The third kappa shape index (κ3) is 4.33. The third-order valence-electron chi connectivity index (χ3n) is 1.94. The Morgan fingerprint density at radius 2 is 2.13 bits per heavy atom. The molecular formula is C9H9BrClF3S. The molecule has 0 saturated heterocycles. The number of aryl methyl sites for hydroxylation is 1. The smallest absolute Gasteiger partial charge is 0.171 e. The van der Waals surface area contributed by atoms with Crippen molar-refractivity contribution in [2.75, 3.05) is 0 Å². The fraction of sp³-hybridized carbons (Fsp3) is 0.556. The van der Waals surface area contributed by atoms with Crippen LogP contribution in [0.4, 0.5) is 13.2 Å². The lowest BCUT2D eigenvalue weighted by Gasteiger charge is -2.10. The minimum absolute atomic E-state index is 0.0743. The highest BCUT2D eigenvalue weighted by Crippen LogP contribution is 2.37. The highest BCUT2D eigenvalue weighted by Gasteiger charge is 2.28. The fourth-order valence-corrected chi connectivity index (χ4v) is 3.39. The van der Waals surface area contributed by atoms with E-state index < -0.39 is 18.0 Å². The molecule has 15 heavy (non-hydrogen) atoms. The quantitative estimate of drug-likeness (QED) is 0.650. The molecule has 0 aliphatic heterocycles. The molecule has 0 aliphatic carbocycles. The van der Waals surface area contributed by atoms with E-state index in [1.807, 2.05) is 6.92 Å². The number of rotatable bonds is 3. The first-order valence-electron chi connectivity index (χ1n) is 4.26. The summed E-state index contributed by atoms with van der Waals surface area (Å²) in [6.45, 7) is 1.85. The van der Waals surface area contributed by atoms with Gasteiger partial charge in [-0.05, 0) is 40.9 Å². The molecule has 0 amide bonds. The van der Waals surface area contributed by atoms with E-state index in [1.54, 1.807) is 6.07 Å². The summed E-state index contributed by atoms with van der Waals surface area (Å²) in [5.41, 5.74) is 0.790. The summed E-state index contributed by atoms with van der Waals surface area (Å²) in [6.07, 6.45) is -5.04. The van der Waals surface area contributed by atoms with Crippen LogP contribution in [-0.4, -0.2) is 6.18 Å². The molecule has 0 bridgehead atoms. The van der Waals surface area contributed by atoms with E-state index >= 15 is 0 Å². The van der Waals surface area contributed by atoms with Gasteiger partial charge in [-0.3, -0.25) is 0 Å². The molecular weight excluding hydrogens is 313 g/mol. The number of thiophene rings is 1. The number of hydrogen-bond donors (Lipinski definition) is 0. The van der Waals surface area contributed by atoms with Gasteiger partial charge in [-0.2, -0.15) is 13.2 Å². The van der Waals surface area contributed by atoms with Gasteiger partial charge >= 0.3 is 6.18 Å². The number of halogens is 5. The molecule has 1 unspecified atom stereocenters. The van der Waals surface area contributed by atoms with E-state index in [-0.39, 0.29) is 6.42 Å². The zero-order valence-electron chi connectivity index (χ0n) is 7.87. The van der Waals surface area contributed by atoms with Crippen molar-refractivity contribution < 1.29 is 13.2 Å². The predicted octanol–water partition coefficient (Wildman–Crippen LogP) is 5.44. The summed E-state index contributed by atoms with van der Waals surface area (Å²) in [5, 5.41) is -0.561. The molecule has 0 radical (unpaired) electrons. The van der Waals surface area contributed by atoms with Gasteiger partial charge in [-0.25, -0.2) is 0 Å². The Hall–Kier alpha value is 0.260. The van der Waals surface area contributed by atoms with Crippen LogP contribution in [0.1, 0.15) is 28.7 Å². The molecule has 6 heteroatoms. The van der Waals surface area contributed by atoms with E-state index in [1.165, 1.54) is 11.3 Å². The van der Waals surface area contributed by atoms with Gasteiger partial charge in [-0.1, -0.05) is 0 Å². The van der Waals surface area contributed by atoms with Crippen molar-refractivity contribution in [3.8, 4) is 0 Å². The first-order chi connectivity index (χ1) is 6.79. The normalized spacial score (nSPS) is 14.3. The molecule has 0 aliphatic rings. The fourth-order valence-electron chi connectivity index (χ4n) is 1.22. The van der Waals surface area contributed by atoms with Gasteiger partial charge in [0.05, 0.1) is 9.16 Å². The largest absolute Gasteiger partial charge is 0.389 e. The molecule has 1 rings (SSSR count). The lowest BCUT2D eigenvalue weighted by Crippen LogP contribution is -2.08. The summed E-state index contributed by atoms with van der Waals surface area (Å²) in [5.74, 6) is 0. The standard InChI is InChI=1S/C9H9BrClF3S/c1-5-6(4-8(10)15-5)7(11)2-3-9(12,13)14/h4,7H,2-3H2,1H3. The Morgan fingerprint density at radius 3 is 2.53 bits per heavy atom. The molecule has 0 spiro atoms. The van der Waals surface area contributed by atoms with Crippen molar-refractivity contribution in [1.29, 1.82) is 0 Å². The van der Waals surface area contributed by atoms with Crippen LogP contribution < -0.4 is 0 Å². The minimum Gasteiger partial charge on any atom is -0.171 e. The molecule has 1 heterocycles. The Balaban J connectivity index is 2.61. The Labute approximate surface area is 104 Å². The molecule has 1 atom stereocenters. The first-order valence-corrected chi connectivity index (χ1v) is 6.31. The van der Waals surface area contributed by atoms with Crippen molar-refractivity contribution in [1.82, 2.24) is 0 Å². The zero-order valence-corrected chi connectivity index (χ0v) is 11.0. The van der Waals surface area contributed by atoms with E-state index in [0.29, 0.717) is 0 Å². The van der Waals surface area contributed by atoms with Crippen LogP contribution >= 0.6 is 38.9 Å². The summed E-state index contributed by atoms with van der Waals surface area (Å²) < 4.78 is 36.8. The summed E-state index contributed by atoms with van der Waals surface area (Å²) in [4.78, 5) is 0.962. The van der Waals surface area contributed by atoms with Crippen LogP contribution in [0.5, 0.6) is 0 Å². The Bertz CT molecular complexity index is 335. The van der Waals surface area contributed by atoms with Crippen molar-refractivity contribution in [2.24, 2.45) is 0 Å². The monoisotopic (exact) mass is 320 g/mol. The highest BCUT2D eigenvalue weighted by atomic mass is 79.9. The van der Waals surface area contributed by atoms with Crippen LogP contribution in [0, 0.1) is 6.92 Å². The molecule has 0 fully saturated rings. The Kier molecular flexibility index (Phi) is 4.50. The van der Waals surface area contributed by atoms with Gasteiger partial charge in [0, 0.05) is 11.3 Å². The minimum atomic E-state index is -4.13. The average Bonchev–Trinajstić information content (AvgIpc) is 2.40. The average molecular weight is 322 g/mol. The lowest BCUT2D eigenvalue weighted by atomic mass is 10.1. The highest BCUT2D eigenvalue weighted by molar-refractivity contribution is 9.11. The first kappa shape index (κ1) is 13.3. The summed E-state index contributed by atoms with van der Waals surface area (Å²) in [6, 6.07) is 1.79. The second kappa shape index (κ2) is 5.06. The molecule has 0 nitrogen and oxygen atoms in total. The Morgan fingerprint density at radius 1 is 1.53 bits per heavy atom.